The Kier molecular flexibility index (Phi) is 4.06. The summed E-state index contributed by atoms with van der Waals surface area (Å²) < 4.78 is 4.60. The Bertz CT molecular complexity index is 327. The summed E-state index contributed by atoms with van der Waals surface area (Å²) in [6.45, 7) is 6.07. The van der Waals surface area contributed by atoms with Gasteiger partial charge in [0.1, 0.15) is 6.26 Å². The van der Waals surface area contributed by atoms with Gasteiger partial charge in [-0.1, -0.05) is 25.9 Å². The summed E-state index contributed by atoms with van der Waals surface area (Å²) in [5, 5.41) is 15.4. The zero-order chi connectivity index (χ0) is 12.2. The van der Waals surface area contributed by atoms with E-state index in [1.807, 2.05) is 20.8 Å². The Morgan fingerprint density at radius 3 is 2.75 bits per heavy atom. The molecule has 0 spiro atoms. The number of carbonyl (C=O) groups excluding carboxylic acids is 1. The van der Waals surface area contributed by atoms with Gasteiger partial charge in [-0.15, -0.1) is 0 Å². The third-order valence-corrected chi connectivity index (χ3v) is 2.44. The highest BCUT2D eigenvalue weighted by molar-refractivity contribution is 5.92. The van der Waals surface area contributed by atoms with Gasteiger partial charge in [0.25, 0.3) is 5.91 Å². The number of amides is 1. The van der Waals surface area contributed by atoms with Gasteiger partial charge < -0.3 is 14.9 Å². The number of carbonyl (C=O) groups is 1. The van der Waals surface area contributed by atoms with Gasteiger partial charge in [-0.3, -0.25) is 4.79 Å². The highest BCUT2D eigenvalue weighted by atomic mass is 16.5. The molecular formula is C11H18N2O3. The van der Waals surface area contributed by atoms with Crippen molar-refractivity contribution in [1.82, 2.24) is 10.5 Å². The molecule has 0 radical (unpaired) electrons. The fourth-order valence-electron chi connectivity index (χ4n) is 1.41. The van der Waals surface area contributed by atoms with Crippen LogP contribution in [0.25, 0.3) is 0 Å². The summed E-state index contributed by atoms with van der Waals surface area (Å²) in [7, 11) is 0. The molecular weight excluding hydrogens is 208 g/mol. The van der Waals surface area contributed by atoms with Crippen molar-refractivity contribution in [3.8, 4) is 0 Å². The normalized spacial score (nSPS) is 13.5. The summed E-state index contributed by atoms with van der Waals surface area (Å²) in [6, 6.07) is 1.41. The topological polar surface area (TPSA) is 75.4 Å². The van der Waals surface area contributed by atoms with Gasteiger partial charge in [-0.2, -0.15) is 0 Å². The third-order valence-electron chi connectivity index (χ3n) is 2.44. The van der Waals surface area contributed by atoms with E-state index in [1.54, 1.807) is 0 Å². The highest BCUT2D eigenvalue weighted by Gasteiger charge is 2.26. The highest BCUT2D eigenvalue weighted by Crippen LogP contribution is 2.21. The maximum atomic E-state index is 11.7. The van der Waals surface area contributed by atoms with Crippen LogP contribution in [0.4, 0.5) is 0 Å². The minimum Gasteiger partial charge on any atom is -0.396 e. The van der Waals surface area contributed by atoms with Gasteiger partial charge in [0.15, 0.2) is 5.69 Å². The number of hydrogen-bond acceptors (Lipinski definition) is 4. The van der Waals surface area contributed by atoms with Crippen LogP contribution >= 0.6 is 0 Å². The van der Waals surface area contributed by atoms with Gasteiger partial charge in [0.2, 0.25) is 0 Å². The molecule has 0 aliphatic rings. The number of rotatable bonds is 4. The van der Waals surface area contributed by atoms with Crippen LogP contribution in [0.15, 0.2) is 16.9 Å². The van der Waals surface area contributed by atoms with E-state index in [-0.39, 0.29) is 29.7 Å². The molecule has 0 aliphatic heterocycles. The lowest BCUT2D eigenvalue weighted by Gasteiger charge is -2.30. The van der Waals surface area contributed by atoms with Crippen molar-refractivity contribution in [2.75, 3.05) is 6.61 Å². The monoisotopic (exact) mass is 226 g/mol. The third kappa shape index (κ3) is 3.34. The van der Waals surface area contributed by atoms with Crippen molar-refractivity contribution in [2.45, 2.75) is 33.2 Å². The molecule has 1 heterocycles. The van der Waals surface area contributed by atoms with Crippen LogP contribution in [0.3, 0.4) is 0 Å². The Hall–Kier alpha value is -1.36. The predicted octanol–water partition coefficient (Wildman–Crippen LogP) is 1.20. The number of aliphatic hydroxyl groups excluding tert-OH is 1. The lowest BCUT2D eigenvalue weighted by Crippen LogP contribution is -2.44. The first-order valence-corrected chi connectivity index (χ1v) is 5.27. The molecule has 90 valence electrons. The van der Waals surface area contributed by atoms with Crippen LogP contribution in [0, 0.1) is 5.41 Å². The molecule has 1 aromatic heterocycles. The van der Waals surface area contributed by atoms with Crippen LogP contribution in [-0.4, -0.2) is 28.8 Å². The van der Waals surface area contributed by atoms with E-state index < -0.39 is 0 Å². The van der Waals surface area contributed by atoms with Crippen molar-refractivity contribution < 1.29 is 14.4 Å². The van der Waals surface area contributed by atoms with Gasteiger partial charge in [0, 0.05) is 18.7 Å². The fraction of sp³-hybridized carbons (Fsp3) is 0.636. The zero-order valence-corrected chi connectivity index (χ0v) is 9.86. The van der Waals surface area contributed by atoms with E-state index in [0.717, 1.165) is 0 Å². The largest absolute Gasteiger partial charge is 0.396 e. The SMILES string of the molecule is CC(C)(C)C(CCO)NC(=O)c1ccon1. The molecule has 5 nitrogen and oxygen atoms in total. The average molecular weight is 226 g/mol. The number of aliphatic hydroxyl groups is 1. The van der Waals surface area contributed by atoms with Gasteiger partial charge in [-0.25, -0.2) is 0 Å². The zero-order valence-electron chi connectivity index (χ0n) is 9.86. The van der Waals surface area contributed by atoms with Crippen LogP contribution in [-0.2, 0) is 0 Å². The maximum absolute atomic E-state index is 11.7. The smallest absolute Gasteiger partial charge is 0.273 e. The lowest BCUT2D eigenvalue weighted by atomic mass is 9.85. The summed E-state index contributed by atoms with van der Waals surface area (Å²) in [6.07, 6.45) is 1.88. The van der Waals surface area contributed by atoms with Gasteiger partial charge in [0.05, 0.1) is 0 Å². The number of nitrogens with one attached hydrogen (secondary N) is 1. The van der Waals surface area contributed by atoms with Crippen molar-refractivity contribution in [2.24, 2.45) is 5.41 Å². The Balaban J connectivity index is 2.66. The number of nitrogens with zero attached hydrogens (tertiary/aromatic N) is 1. The molecule has 1 amide bonds. The summed E-state index contributed by atoms with van der Waals surface area (Å²) >= 11 is 0. The van der Waals surface area contributed by atoms with Crippen molar-refractivity contribution >= 4 is 5.91 Å². The molecule has 2 N–H and O–H groups in total. The molecule has 0 aromatic carbocycles. The summed E-state index contributed by atoms with van der Waals surface area (Å²) in [4.78, 5) is 11.7. The van der Waals surface area contributed by atoms with Crippen LogP contribution < -0.4 is 5.32 Å². The molecule has 1 aromatic rings. The first-order chi connectivity index (χ1) is 7.45. The molecule has 5 heteroatoms. The molecule has 1 atom stereocenters. The van der Waals surface area contributed by atoms with Crippen molar-refractivity contribution in [3.63, 3.8) is 0 Å². The predicted molar refractivity (Wildman–Crippen MR) is 58.9 cm³/mol. The second-order valence-corrected chi connectivity index (χ2v) is 4.79. The van der Waals surface area contributed by atoms with Crippen LogP contribution in [0.1, 0.15) is 37.7 Å². The second kappa shape index (κ2) is 5.12. The second-order valence-electron chi connectivity index (χ2n) is 4.79. The average Bonchev–Trinajstić information content (AvgIpc) is 2.68. The quantitative estimate of drug-likeness (QED) is 0.809. The lowest BCUT2D eigenvalue weighted by molar-refractivity contribution is 0.0876. The molecule has 1 rings (SSSR count). The summed E-state index contributed by atoms with van der Waals surface area (Å²) in [5.74, 6) is -0.276. The van der Waals surface area contributed by atoms with E-state index >= 15 is 0 Å². The maximum Gasteiger partial charge on any atom is 0.273 e. The van der Waals surface area contributed by atoms with E-state index in [4.69, 9.17) is 5.11 Å². The van der Waals surface area contributed by atoms with E-state index in [2.05, 4.69) is 15.0 Å². The first-order valence-electron chi connectivity index (χ1n) is 5.27. The van der Waals surface area contributed by atoms with Crippen LogP contribution in [0.2, 0.25) is 0 Å². The molecule has 0 bridgehead atoms. The molecule has 0 saturated heterocycles. The summed E-state index contributed by atoms with van der Waals surface area (Å²) in [5.41, 5.74) is 0.148. The fourth-order valence-corrected chi connectivity index (χ4v) is 1.41. The Morgan fingerprint density at radius 1 is 1.62 bits per heavy atom. The standard InChI is InChI=1S/C11H18N2O3/c1-11(2,3)9(4-6-14)12-10(15)8-5-7-16-13-8/h5,7,9,14H,4,6H2,1-3H3,(H,12,15). The number of aromatic nitrogens is 1. The van der Waals surface area contributed by atoms with Crippen LogP contribution in [0.5, 0.6) is 0 Å². The van der Waals surface area contributed by atoms with Gasteiger partial charge >= 0.3 is 0 Å². The number of hydrogen-bond donors (Lipinski definition) is 2. The van der Waals surface area contributed by atoms with E-state index in [1.165, 1.54) is 12.3 Å². The first kappa shape index (κ1) is 12.7. The molecule has 0 fully saturated rings. The Morgan fingerprint density at radius 2 is 2.31 bits per heavy atom. The molecule has 0 aliphatic carbocycles. The minimum atomic E-state index is -0.276. The molecule has 0 saturated carbocycles. The van der Waals surface area contributed by atoms with Crippen molar-refractivity contribution in [3.05, 3.63) is 18.0 Å². The molecule has 1 unspecified atom stereocenters. The van der Waals surface area contributed by atoms with Crippen molar-refractivity contribution in [1.29, 1.82) is 0 Å². The Labute approximate surface area is 94.8 Å². The van der Waals surface area contributed by atoms with Gasteiger partial charge in [-0.05, 0) is 11.8 Å². The van der Waals surface area contributed by atoms with E-state index in [9.17, 15) is 4.79 Å². The minimum absolute atomic E-state index is 0.0427. The molecule has 16 heavy (non-hydrogen) atoms. The van der Waals surface area contributed by atoms with E-state index in [0.29, 0.717) is 6.42 Å².